The van der Waals surface area contributed by atoms with Crippen LogP contribution in [0.2, 0.25) is 0 Å². The minimum Gasteiger partial charge on any atom is -0.489 e. The maximum atomic E-state index is 10.6. The fourth-order valence-corrected chi connectivity index (χ4v) is 1.54. The molecule has 0 aliphatic heterocycles. The van der Waals surface area contributed by atoms with Gasteiger partial charge in [0.25, 0.3) is 5.69 Å². The van der Waals surface area contributed by atoms with Crippen LogP contribution in [0, 0.1) is 17.0 Å². The van der Waals surface area contributed by atoms with Gasteiger partial charge in [-0.05, 0) is 18.6 Å². The van der Waals surface area contributed by atoms with Gasteiger partial charge in [-0.3, -0.25) is 10.1 Å². The highest BCUT2D eigenvalue weighted by Gasteiger charge is 2.06. The van der Waals surface area contributed by atoms with Gasteiger partial charge >= 0.3 is 0 Å². The molecule has 0 N–H and O–H groups in total. The molecule has 0 aromatic heterocycles. The van der Waals surface area contributed by atoms with Crippen LogP contribution in [0.4, 0.5) is 5.69 Å². The van der Waals surface area contributed by atoms with Gasteiger partial charge in [0.1, 0.15) is 12.4 Å². The van der Waals surface area contributed by atoms with E-state index >= 15 is 0 Å². The van der Waals surface area contributed by atoms with Gasteiger partial charge in [-0.15, -0.1) is 0 Å². The van der Waals surface area contributed by atoms with E-state index < -0.39 is 4.92 Å². The van der Waals surface area contributed by atoms with Crippen molar-refractivity contribution in [2.75, 3.05) is 0 Å². The molecule has 0 atom stereocenters. The Morgan fingerprint density at radius 2 is 1.89 bits per heavy atom. The first-order chi connectivity index (χ1) is 8.65. The van der Waals surface area contributed by atoms with Crippen molar-refractivity contribution in [2.45, 2.75) is 13.5 Å². The lowest BCUT2D eigenvalue weighted by atomic mass is 10.2. The Morgan fingerprint density at radius 3 is 2.56 bits per heavy atom. The summed E-state index contributed by atoms with van der Waals surface area (Å²) in [7, 11) is 0. The lowest BCUT2D eigenvalue weighted by molar-refractivity contribution is -0.384. The lowest BCUT2D eigenvalue weighted by Crippen LogP contribution is -1.96. The van der Waals surface area contributed by atoms with Crippen molar-refractivity contribution < 1.29 is 9.66 Å². The molecule has 0 aliphatic carbocycles. The third-order valence-electron chi connectivity index (χ3n) is 2.55. The van der Waals surface area contributed by atoms with E-state index in [4.69, 9.17) is 4.74 Å². The molecule has 4 heteroatoms. The highest BCUT2D eigenvalue weighted by molar-refractivity contribution is 5.38. The SMILES string of the molecule is Cc1ccc(COc2cccc([N+](=O)[O-])c2)cc1. The van der Waals surface area contributed by atoms with E-state index in [0.29, 0.717) is 12.4 Å². The quantitative estimate of drug-likeness (QED) is 0.610. The number of nitrogens with zero attached hydrogens (tertiary/aromatic N) is 1. The highest BCUT2D eigenvalue weighted by atomic mass is 16.6. The first-order valence-electron chi connectivity index (χ1n) is 5.58. The molecule has 2 rings (SSSR count). The second-order valence-corrected chi connectivity index (χ2v) is 4.03. The molecule has 0 saturated heterocycles. The smallest absolute Gasteiger partial charge is 0.273 e. The molecule has 0 spiro atoms. The van der Waals surface area contributed by atoms with E-state index in [0.717, 1.165) is 5.56 Å². The number of aryl methyl sites for hydroxylation is 1. The van der Waals surface area contributed by atoms with E-state index in [2.05, 4.69) is 0 Å². The zero-order chi connectivity index (χ0) is 13.0. The van der Waals surface area contributed by atoms with Crippen LogP contribution < -0.4 is 4.74 Å². The van der Waals surface area contributed by atoms with Crippen LogP contribution in [-0.4, -0.2) is 4.92 Å². The normalized spacial score (nSPS) is 10.1. The van der Waals surface area contributed by atoms with Gasteiger partial charge in [0.05, 0.1) is 11.0 Å². The van der Waals surface area contributed by atoms with Crippen LogP contribution in [-0.2, 0) is 6.61 Å². The second-order valence-electron chi connectivity index (χ2n) is 4.03. The third-order valence-corrected chi connectivity index (χ3v) is 2.55. The molecular weight excluding hydrogens is 230 g/mol. The molecule has 2 aromatic carbocycles. The number of nitro groups is 1. The van der Waals surface area contributed by atoms with Crippen molar-refractivity contribution in [1.29, 1.82) is 0 Å². The van der Waals surface area contributed by atoms with Crippen molar-refractivity contribution in [3.63, 3.8) is 0 Å². The number of hydrogen-bond acceptors (Lipinski definition) is 3. The van der Waals surface area contributed by atoms with Crippen molar-refractivity contribution in [3.05, 3.63) is 69.8 Å². The molecule has 0 heterocycles. The molecule has 2 aromatic rings. The van der Waals surface area contributed by atoms with E-state index in [1.54, 1.807) is 12.1 Å². The maximum Gasteiger partial charge on any atom is 0.273 e. The zero-order valence-corrected chi connectivity index (χ0v) is 10.00. The molecule has 0 aliphatic rings. The fraction of sp³-hybridized carbons (Fsp3) is 0.143. The monoisotopic (exact) mass is 243 g/mol. The predicted molar refractivity (Wildman–Crippen MR) is 68.6 cm³/mol. The summed E-state index contributed by atoms with van der Waals surface area (Å²) in [5, 5.41) is 10.6. The number of nitro benzene ring substituents is 1. The minimum absolute atomic E-state index is 0.0383. The number of ether oxygens (including phenoxy) is 1. The summed E-state index contributed by atoms with van der Waals surface area (Å²) >= 11 is 0. The van der Waals surface area contributed by atoms with Gasteiger partial charge in [0.15, 0.2) is 0 Å². The number of benzene rings is 2. The average molecular weight is 243 g/mol. The van der Waals surface area contributed by atoms with Gasteiger partial charge < -0.3 is 4.74 Å². The van der Waals surface area contributed by atoms with Crippen molar-refractivity contribution in [2.24, 2.45) is 0 Å². The Morgan fingerprint density at radius 1 is 1.17 bits per heavy atom. The van der Waals surface area contributed by atoms with Crippen LogP contribution in [0.25, 0.3) is 0 Å². The molecule has 0 fully saturated rings. The van der Waals surface area contributed by atoms with Gasteiger partial charge in [-0.2, -0.15) is 0 Å². The van der Waals surface area contributed by atoms with Gasteiger partial charge in [-0.1, -0.05) is 35.9 Å². The topological polar surface area (TPSA) is 52.4 Å². The van der Waals surface area contributed by atoms with E-state index in [1.807, 2.05) is 31.2 Å². The van der Waals surface area contributed by atoms with Crippen LogP contribution >= 0.6 is 0 Å². The fourth-order valence-electron chi connectivity index (χ4n) is 1.54. The molecule has 92 valence electrons. The molecule has 0 saturated carbocycles. The molecule has 0 bridgehead atoms. The summed E-state index contributed by atoms with van der Waals surface area (Å²) in [5.41, 5.74) is 2.26. The molecule has 4 nitrogen and oxygen atoms in total. The Balaban J connectivity index is 2.04. The van der Waals surface area contributed by atoms with Gasteiger partial charge in [-0.25, -0.2) is 0 Å². The summed E-state index contributed by atoms with van der Waals surface area (Å²) in [6.45, 7) is 2.42. The Kier molecular flexibility index (Phi) is 3.57. The number of rotatable bonds is 4. The lowest BCUT2D eigenvalue weighted by Gasteiger charge is -2.06. The maximum absolute atomic E-state index is 10.6. The van der Waals surface area contributed by atoms with Crippen LogP contribution in [0.1, 0.15) is 11.1 Å². The Labute approximate surface area is 105 Å². The van der Waals surface area contributed by atoms with Crippen molar-refractivity contribution in [1.82, 2.24) is 0 Å². The highest BCUT2D eigenvalue weighted by Crippen LogP contribution is 2.20. The zero-order valence-electron chi connectivity index (χ0n) is 10.00. The predicted octanol–water partition coefficient (Wildman–Crippen LogP) is 3.48. The number of hydrogen-bond donors (Lipinski definition) is 0. The van der Waals surface area contributed by atoms with Gasteiger partial charge in [0, 0.05) is 6.07 Å². The van der Waals surface area contributed by atoms with Crippen molar-refractivity contribution in [3.8, 4) is 5.75 Å². The van der Waals surface area contributed by atoms with Crippen LogP contribution in [0.15, 0.2) is 48.5 Å². The summed E-state index contributed by atoms with van der Waals surface area (Å²) in [6, 6.07) is 14.2. The molecule has 0 unspecified atom stereocenters. The van der Waals surface area contributed by atoms with Crippen LogP contribution in [0.5, 0.6) is 5.75 Å². The largest absolute Gasteiger partial charge is 0.489 e. The minimum atomic E-state index is -0.432. The third kappa shape index (κ3) is 3.07. The first kappa shape index (κ1) is 12.1. The summed E-state index contributed by atoms with van der Waals surface area (Å²) < 4.78 is 5.52. The van der Waals surface area contributed by atoms with Crippen molar-refractivity contribution >= 4 is 5.69 Å². The first-order valence-corrected chi connectivity index (χ1v) is 5.58. The standard InChI is InChI=1S/C14H13NO3/c1-11-5-7-12(8-6-11)10-18-14-4-2-3-13(9-14)15(16)17/h2-9H,10H2,1H3. The van der Waals surface area contributed by atoms with E-state index in [9.17, 15) is 10.1 Å². The summed E-state index contributed by atoms with van der Waals surface area (Å²) in [6.07, 6.45) is 0. The average Bonchev–Trinajstić information content (AvgIpc) is 2.38. The van der Waals surface area contributed by atoms with Crippen LogP contribution in [0.3, 0.4) is 0 Å². The molecule has 0 amide bonds. The van der Waals surface area contributed by atoms with E-state index in [-0.39, 0.29) is 5.69 Å². The number of non-ortho nitro benzene ring substituents is 1. The molecule has 0 radical (unpaired) electrons. The van der Waals surface area contributed by atoms with E-state index in [1.165, 1.54) is 17.7 Å². The summed E-state index contributed by atoms with van der Waals surface area (Å²) in [5.74, 6) is 0.504. The van der Waals surface area contributed by atoms with Gasteiger partial charge in [0.2, 0.25) is 0 Å². The second kappa shape index (κ2) is 5.31. The molecular formula is C14H13NO3. The Hall–Kier alpha value is -2.36. The summed E-state index contributed by atoms with van der Waals surface area (Å²) in [4.78, 5) is 10.2. The Bertz CT molecular complexity index is 549. The molecule has 18 heavy (non-hydrogen) atoms.